The first-order valence-electron chi connectivity index (χ1n) is 3.93. The van der Waals surface area contributed by atoms with Gasteiger partial charge < -0.3 is 9.84 Å². The van der Waals surface area contributed by atoms with E-state index in [1.54, 1.807) is 6.20 Å². The Labute approximate surface area is 90.3 Å². The van der Waals surface area contributed by atoms with Crippen LogP contribution in [0.3, 0.4) is 0 Å². The van der Waals surface area contributed by atoms with Crippen LogP contribution in [0.1, 0.15) is 18.1 Å². The number of pyridine rings is 1. The van der Waals surface area contributed by atoms with Gasteiger partial charge in [0.2, 0.25) is 0 Å². The summed E-state index contributed by atoms with van der Waals surface area (Å²) in [5, 5.41) is 18.1. The van der Waals surface area contributed by atoms with E-state index in [-0.39, 0.29) is 6.42 Å². The SMILES string of the molecule is COc1cncc(Br)c1C(O)CC#N. The molecule has 0 fully saturated rings. The summed E-state index contributed by atoms with van der Waals surface area (Å²) >= 11 is 3.25. The van der Waals surface area contributed by atoms with E-state index in [4.69, 9.17) is 10.00 Å². The summed E-state index contributed by atoms with van der Waals surface area (Å²) in [7, 11) is 1.49. The first-order chi connectivity index (χ1) is 6.70. The topological polar surface area (TPSA) is 66.1 Å². The fraction of sp³-hybridized carbons (Fsp3) is 0.333. The van der Waals surface area contributed by atoms with Crippen molar-refractivity contribution in [2.75, 3.05) is 7.11 Å². The lowest BCUT2D eigenvalue weighted by atomic mass is 10.1. The number of aliphatic hydroxyl groups excluding tert-OH is 1. The molecule has 4 nitrogen and oxygen atoms in total. The number of halogens is 1. The highest BCUT2D eigenvalue weighted by Gasteiger charge is 2.16. The van der Waals surface area contributed by atoms with Gasteiger partial charge in [-0.2, -0.15) is 5.26 Å². The Morgan fingerprint density at radius 1 is 1.71 bits per heavy atom. The molecule has 0 saturated carbocycles. The number of hydrogen-bond donors (Lipinski definition) is 1. The Kier molecular flexibility index (Phi) is 3.86. The van der Waals surface area contributed by atoms with Crippen LogP contribution in [0.25, 0.3) is 0 Å². The second-order valence-electron chi connectivity index (χ2n) is 2.62. The summed E-state index contributed by atoms with van der Waals surface area (Å²) in [5.74, 6) is 0.474. The highest BCUT2D eigenvalue weighted by atomic mass is 79.9. The van der Waals surface area contributed by atoms with Gasteiger partial charge in [-0.15, -0.1) is 0 Å². The van der Waals surface area contributed by atoms with Gasteiger partial charge in [0.1, 0.15) is 5.75 Å². The molecule has 0 spiro atoms. The van der Waals surface area contributed by atoms with Crippen molar-refractivity contribution in [3.05, 3.63) is 22.4 Å². The van der Waals surface area contributed by atoms with Crippen molar-refractivity contribution in [1.82, 2.24) is 4.98 Å². The predicted molar refractivity (Wildman–Crippen MR) is 53.7 cm³/mol. The van der Waals surface area contributed by atoms with Crippen LogP contribution in [-0.2, 0) is 0 Å². The average molecular weight is 257 g/mol. The van der Waals surface area contributed by atoms with E-state index in [2.05, 4.69) is 20.9 Å². The molecule has 0 aliphatic heterocycles. The molecule has 0 aliphatic rings. The third-order valence-electron chi connectivity index (χ3n) is 1.74. The number of nitriles is 1. The minimum atomic E-state index is -0.854. The van der Waals surface area contributed by atoms with Crippen LogP contribution in [0.15, 0.2) is 16.9 Å². The van der Waals surface area contributed by atoms with Gasteiger partial charge in [-0.1, -0.05) is 0 Å². The Bertz CT molecular complexity index is 362. The van der Waals surface area contributed by atoms with E-state index in [0.29, 0.717) is 15.8 Å². The van der Waals surface area contributed by atoms with E-state index in [0.717, 1.165) is 0 Å². The van der Waals surface area contributed by atoms with Crippen LogP contribution in [0.5, 0.6) is 5.75 Å². The third kappa shape index (κ3) is 2.22. The average Bonchev–Trinajstić information content (AvgIpc) is 2.17. The van der Waals surface area contributed by atoms with Crippen molar-refractivity contribution >= 4 is 15.9 Å². The van der Waals surface area contributed by atoms with E-state index >= 15 is 0 Å². The number of hydrogen-bond acceptors (Lipinski definition) is 4. The summed E-state index contributed by atoms with van der Waals surface area (Å²) in [4.78, 5) is 3.89. The quantitative estimate of drug-likeness (QED) is 0.896. The maximum absolute atomic E-state index is 9.65. The normalized spacial score (nSPS) is 11.9. The summed E-state index contributed by atoms with van der Waals surface area (Å²) in [5.41, 5.74) is 0.559. The second-order valence-corrected chi connectivity index (χ2v) is 3.47. The van der Waals surface area contributed by atoms with Crippen LogP contribution in [0, 0.1) is 11.3 Å². The van der Waals surface area contributed by atoms with E-state index < -0.39 is 6.10 Å². The van der Waals surface area contributed by atoms with Crippen LogP contribution < -0.4 is 4.74 Å². The van der Waals surface area contributed by atoms with Gasteiger partial charge in [0.25, 0.3) is 0 Å². The smallest absolute Gasteiger partial charge is 0.144 e. The van der Waals surface area contributed by atoms with E-state index in [1.807, 2.05) is 6.07 Å². The maximum Gasteiger partial charge on any atom is 0.144 e. The molecule has 1 aromatic heterocycles. The summed E-state index contributed by atoms with van der Waals surface area (Å²) < 4.78 is 5.67. The van der Waals surface area contributed by atoms with Gasteiger partial charge in [0.15, 0.2) is 0 Å². The number of aliphatic hydroxyl groups is 1. The molecular formula is C9H9BrN2O2. The highest BCUT2D eigenvalue weighted by Crippen LogP contribution is 2.32. The summed E-state index contributed by atoms with van der Waals surface area (Å²) in [6.07, 6.45) is 2.23. The minimum Gasteiger partial charge on any atom is -0.495 e. The van der Waals surface area contributed by atoms with Crippen molar-refractivity contribution in [2.24, 2.45) is 0 Å². The van der Waals surface area contributed by atoms with E-state index in [9.17, 15) is 5.11 Å². The zero-order valence-electron chi connectivity index (χ0n) is 7.57. The molecule has 1 aromatic rings. The van der Waals surface area contributed by atoms with Crippen LogP contribution in [-0.4, -0.2) is 17.2 Å². The second kappa shape index (κ2) is 4.94. The fourth-order valence-corrected chi connectivity index (χ4v) is 1.68. The molecule has 1 rings (SSSR count). The standard InChI is InChI=1S/C9H9BrN2O2/c1-14-8-5-12-4-6(10)9(8)7(13)2-3-11/h4-5,7,13H,2H2,1H3. The number of ether oxygens (including phenoxy) is 1. The Morgan fingerprint density at radius 2 is 2.43 bits per heavy atom. The molecule has 1 unspecified atom stereocenters. The summed E-state index contributed by atoms with van der Waals surface area (Å²) in [6.45, 7) is 0. The Hall–Kier alpha value is -1.12. The van der Waals surface area contributed by atoms with Crippen molar-refractivity contribution < 1.29 is 9.84 Å². The van der Waals surface area contributed by atoms with Crippen LogP contribution in [0.4, 0.5) is 0 Å². The van der Waals surface area contributed by atoms with Crippen molar-refractivity contribution in [3.8, 4) is 11.8 Å². The molecule has 1 atom stereocenters. The number of methoxy groups -OCH3 is 1. The number of nitrogens with zero attached hydrogens (tertiary/aromatic N) is 2. The fourth-order valence-electron chi connectivity index (χ4n) is 1.10. The van der Waals surface area contributed by atoms with Crippen molar-refractivity contribution in [2.45, 2.75) is 12.5 Å². The monoisotopic (exact) mass is 256 g/mol. The third-order valence-corrected chi connectivity index (χ3v) is 2.37. The lowest BCUT2D eigenvalue weighted by molar-refractivity contribution is 0.178. The molecular weight excluding hydrogens is 248 g/mol. The molecule has 14 heavy (non-hydrogen) atoms. The number of rotatable bonds is 3. The Balaban J connectivity index is 3.11. The molecule has 0 saturated heterocycles. The van der Waals surface area contributed by atoms with Gasteiger partial charge in [0, 0.05) is 16.2 Å². The molecule has 74 valence electrons. The zero-order chi connectivity index (χ0) is 10.6. The lowest BCUT2D eigenvalue weighted by Crippen LogP contribution is -2.01. The lowest BCUT2D eigenvalue weighted by Gasteiger charge is -2.13. The van der Waals surface area contributed by atoms with Crippen molar-refractivity contribution in [1.29, 1.82) is 5.26 Å². The molecule has 1 N–H and O–H groups in total. The molecule has 0 aliphatic carbocycles. The van der Waals surface area contributed by atoms with Gasteiger partial charge in [0.05, 0.1) is 31.9 Å². The van der Waals surface area contributed by atoms with Crippen LogP contribution in [0.2, 0.25) is 0 Å². The van der Waals surface area contributed by atoms with Gasteiger partial charge in [-0.3, -0.25) is 4.98 Å². The summed E-state index contributed by atoms with van der Waals surface area (Å²) in [6, 6.07) is 1.90. The predicted octanol–water partition coefficient (Wildman–Crippen LogP) is 1.80. The first-order valence-corrected chi connectivity index (χ1v) is 4.72. The molecule has 5 heteroatoms. The van der Waals surface area contributed by atoms with Crippen LogP contribution >= 0.6 is 15.9 Å². The zero-order valence-corrected chi connectivity index (χ0v) is 9.15. The first kappa shape index (κ1) is 11.0. The van der Waals surface area contributed by atoms with Gasteiger partial charge in [-0.05, 0) is 15.9 Å². The van der Waals surface area contributed by atoms with Gasteiger partial charge in [-0.25, -0.2) is 0 Å². The van der Waals surface area contributed by atoms with Gasteiger partial charge >= 0.3 is 0 Å². The molecule has 0 amide bonds. The number of aromatic nitrogens is 1. The molecule has 1 heterocycles. The van der Waals surface area contributed by atoms with E-state index in [1.165, 1.54) is 13.3 Å². The molecule has 0 aromatic carbocycles. The highest BCUT2D eigenvalue weighted by molar-refractivity contribution is 9.10. The molecule has 0 radical (unpaired) electrons. The largest absolute Gasteiger partial charge is 0.495 e. The Morgan fingerprint density at radius 3 is 3.00 bits per heavy atom. The van der Waals surface area contributed by atoms with Crippen molar-refractivity contribution in [3.63, 3.8) is 0 Å². The minimum absolute atomic E-state index is 0.0268. The molecule has 0 bridgehead atoms. The maximum atomic E-state index is 9.65.